The number of hydrogen-bond donors (Lipinski definition) is 1. The Morgan fingerprint density at radius 1 is 1.19 bits per heavy atom. The lowest BCUT2D eigenvalue weighted by Crippen LogP contribution is -2.21. The Balaban J connectivity index is 3.10. The van der Waals surface area contributed by atoms with Gasteiger partial charge in [-0.15, -0.1) is 0 Å². The van der Waals surface area contributed by atoms with E-state index in [0.717, 1.165) is 0 Å². The summed E-state index contributed by atoms with van der Waals surface area (Å²) in [5, 5.41) is 10.6. The molecule has 0 saturated carbocycles. The SMILES string of the molecule is C/C=C\CC(C(O)c1ccccc1)P(=O)(OCC)OCC. The molecule has 0 aliphatic carbocycles. The molecule has 0 aliphatic heterocycles. The van der Waals surface area contributed by atoms with E-state index in [9.17, 15) is 9.67 Å². The van der Waals surface area contributed by atoms with Crippen molar-refractivity contribution in [2.45, 2.75) is 39.0 Å². The minimum Gasteiger partial charge on any atom is -0.387 e. The molecule has 0 aromatic heterocycles. The number of aliphatic hydroxyl groups is 1. The molecule has 1 aromatic carbocycles. The van der Waals surface area contributed by atoms with Gasteiger partial charge in [-0.1, -0.05) is 42.5 Å². The Morgan fingerprint density at radius 2 is 1.76 bits per heavy atom. The van der Waals surface area contributed by atoms with E-state index < -0.39 is 19.4 Å². The lowest BCUT2D eigenvalue weighted by atomic mass is 10.0. The molecule has 0 radical (unpaired) electrons. The quantitative estimate of drug-likeness (QED) is 0.545. The van der Waals surface area contributed by atoms with E-state index in [2.05, 4.69) is 0 Å². The Bertz CT molecular complexity index is 462. The fourth-order valence-corrected chi connectivity index (χ4v) is 4.24. The second kappa shape index (κ2) is 9.16. The van der Waals surface area contributed by atoms with Crippen molar-refractivity contribution in [1.29, 1.82) is 0 Å². The van der Waals surface area contributed by atoms with Crippen LogP contribution < -0.4 is 0 Å². The maximum Gasteiger partial charge on any atom is 0.336 e. The van der Waals surface area contributed by atoms with Crippen LogP contribution in [0.5, 0.6) is 0 Å². The summed E-state index contributed by atoms with van der Waals surface area (Å²) in [6.07, 6.45) is 3.28. The average Bonchev–Trinajstić information content (AvgIpc) is 2.48. The molecule has 0 saturated heterocycles. The molecule has 5 heteroatoms. The van der Waals surface area contributed by atoms with Crippen LogP contribution in [-0.4, -0.2) is 24.0 Å². The second-order valence-corrected chi connectivity index (χ2v) is 6.86. The summed E-state index contributed by atoms with van der Waals surface area (Å²) in [6, 6.07) is 9.20. The summed E-state index contributed by atoms with van der Waals surface area (Å²) < 4.78 is 23.8. The molecule has 1 rings (SSSR count). The molecule has 2 unspecified atom stereocenters. The number of allylic oxidation sites excluding steroid dienone is 2. The topological polar surface area (TPSA) is 55.8 Å². The third-order valence-electron chi connectivity index (χ3n) is 3.14. The van der Waals surface area contributed by atoms with Crippen LogP contribution in [0.25, 0.3) is 0 Å². The highest BCUT2D eigenvalue weighted by Crippen LogP contribution is 2.58. The summed E-state index contributed by atoms with van der Waals surface area (Å²) in [6.45, 7) is 6.00. The van der Waals surface area contributed by atoms with Gasteiger partial charge >= 0.3 is 7.60 Å². The molecule has 1 aromatic rings. The largest absolute Gasteiger partial charge is 0.387 e. The van der Waals surface area contributed by atoms with Crippen LogP contribution in [-0.2, 0) is 13.6 Å². The Labute approximate surface area is 127 Å². The van der Waals surface area contributed by atoms with E-state index >= 15 is 0 Å². The van der Waals surface area contributed by atoms with Crippen LogP contribution in [0, 0.1) is 0 Å². The zero-order valence-electron chi connectivity index (χ0n) is 12.9. The van der Waals surface area contributed by atoms with E-state index in [1.165, 1.54) is 0 Å². The average molecular weight is 312 g/mol. The molecule has 2 atom stereocenters. The van der Waals surface area contributed by atoms with Gasteiger partial charge in [0.05, 0.1) is 25.0 Å². The summed E-state index contributed by atoms with van der Waals surface area (Å²) in [7, 11) is -3.38. The van der Waals surface area contributed by atoms with Gasteiger partial charge in [0, 0.05) is 0 Å². The first kappa shape index (κ1) is 18.1. The number of aliphatic hydroxyl groups excluding tert-OH is 1. The summed E-state index contributed by atoms with van der Waals surface area (Å²) in [5.74, 6) is 0. The van der Waals surface area contributed by atoms with Crippen molar-refractivity contribution in [3.05, 3.63) is 48.0 Å². The molecule has 0 bridgehead atoms. The molecule has 0 heterocycles. The van der Waals surface area contributed by atoms with Gasteiger partial charge in [0.15, 0.2) is 0 Å². The second-order valence-electron chi connectivity index (χ2n) is 4.60. The van der Waals surface area contributed by atoms with E-state index in [-0.39, 0.29) is 13.2 Å². The fraction of sp³-hybridized carbons (Fsp3) is 0.500. The first-order valence-corrected chi connectivity index (χ1v) is 8.93. The fourth-order valence-electron chi connectivity index (χ4n) is 2.17. The standard InChI is InChI=1S/C16H25O4P/c1-4-7-13-15(21(18,19-5-2)20-6-3)16(17)14-11-9-8-10-12-14/h4,7-12,15-17H,5-6,13H2,1-3H3/b7-4-. The van der Waals surface area contributed by atoms with E-state index in [1.54, 1.807) is 13.8 Å². The van der Waals surface area contributed by atoms with E-state index in [1.807, 2.05) is 49.4 Å². The van der Waals surface area contributed by atoms with Crippen molar-refractivity contribution in [3.8, 4) is 0 Å². The molecule has 0 amide bonds. The first-order valence-electron chi connectivity index (χ1n) is 7.32. The van der Waals surface area contributed by atoms with Gasteiger partial charge in [0.2, 0.25) is 0 Å². The molecule has 0 aliphatic rings. The van der Waals surface area contributed by atoms with Crippen molar-refractivity contribution in [2.75, 3.05) is 13.2 Å². The number of hydrogen-bond acceptors (Lipinski definition) is 4. The van der Waals surface area contributed by atoms with Crippen molar-refractivity contribution in [2.24, 2.45) is 0 Å². The molecular weight excluding hydrogens is 287 g/mol. The van der Waals surface area contributed by atoms with Crippen LogP contribution in [0.2, 0.25) is 0 Å². The summed E-state index contributed by atoms with van der Waals surface area (Å²) >= 11 is 0. The molecular formula is C16H25O4P. The highest BCUT2D eigenvalue weighted by molar-refractivity contribution is 7.54. The number of rotatable bonds is 9. The van der Waals surface area contributed by atoms with E-state index in [4.69, 9.17) is 9.05 Å². The van der Waals surface area contributed by atoms with Crippen molar-refractivity contribution < 1.29 is 18.7 Å². The maximum atomic E-state index is 13.0. The van der Waals surface area contributed by atoms with Gasteiger partial charge in [-0.05, 0) is 32.8 Å². The van der Waals surface area contributed by atoms with Gasteiger partial charge in [-0.25, -0.2) is 0 Å². The maximum absolute atomic E-state index is 13.0. The molecule has 118 valence electrons. The van der Waals surface area contributed by atoms with Gasteiger partial charge in [0.1, 0.15) is 0 Å². The van der Waals surface area contributed by atoms with Crippen molar-refractivity contribution in [3.63, 3.8) is 0 Å². The predicted molar refractivity (Wildman–Crippen MR) is 85.5 cm³/mol. The third kappa shape index (κ3) is 5.08. The van der Waals surface area contributed by atoms with E-state index in [0.29, 0.717) is 12.0 Å². The Hall–Kier alpha value is -0.930. The van der Waals surface area contributed by atoms with Gasteiger partial charge < -0.3 is 14.2 Å². The van der Waals surface area contributed by atoms with Crippen LogP contribution in [0.4, 0.5) is 0 Å². The lowest BCUT2D eigenvalue weighted by Gasteiger charge is -2.29. The molecule has 21 heavy (non-hydrogen) atoms. The minimum atomic E-state index is -3.38. The van der Waals surface area contributed by atoms with Crippen LogP contribution in [0.1, 0.15) is 38.9 Å². The zero-order valence-corrected chi connectivity index (χ0v) is 13.8. The van der Waals surface area contributed by atoms with Gasteiger partial charge in [-0.2, -0.15) is 0 Å². The first-order chi connectivity index (χ1) is 10.1. The number of benzene rings is 1. The normalized spacial score (nSPS) is 15.2. The molecule has 4 nitrogen and oxygen atoms in total. The van der Waals surface area contributed by atoms with Crippen LogP contribution >= 0.6 is 7.60 Å². The lowest BCUT2D eigenvalue weighted by molar-refractivity contribution is 0.139. The Morgan fingerprint density at radius 3 is 2.24 bits per heavy atom. The smallest absolute Gasteiger partial charge is 0.336 e. The van der Waals surface area contributed by atoms with Crippen molar-refractivity contribution in [1.82, 2.24) is 0 Å². The molecule has 0 spiro atoms. The monoisotopic (exact) mass is 312 g/mol. The third-order valence-corrected chi connectivity index (χ3v) is 5.68. The van der Waals surface area contributed by atoms with Gasteiger partial charge in [0.25, 0.3) is 0 Å². The van der Waals surface area contributed by atoms with Gasteiger partial charge in [-0.3, -0.25) is 4.57 Å². The highest BCUT2D eigenvalue weighted by Gasteiger charge is 2.40. The molecule has 1 N–H and O–H groups in total. The summed E-state index contributed by atoms with van der Waals surface area (Å²) in [5.41, 5.74) is 0.0997. The van der Waals surface area contributed by atoms with Crippen molar-refractivity contribution >= 4 is 7.60 Å². The van der Waals surface area contributed by atoms with Crippen LogP contribution in [0.3, 0.4) is 0 Å². The Kier molecular flexibility index (Phi) is 7.91. The zero-order chi connectivity index (χ0) is 15.7. The summed E-state index contributed by atoms with van der Waals surface area (Å²) in [4.78, 5) is 0. The minimum absolute atomic E-state index is 0.283. The van der Waals surface area contributed by atoms with Crippen LogP contribution in [0.15, 0.2) is 42.5 Å². The predicted octanol–water partition coefficient (Wildman–Crippen LogP) is 4.32. The highest BCUT2D eigenvalue weighted by atomic mass is 31.2. The molecule has 0 fully saturated rings.